The number of anilines is 1. The number of carbonyl (C=O) groups is 1. The molecule has 2 aromatic carbocycles. The molecule has 6 heteroatoms. The molecule has 3 aromatic rings. The lowest BCUT2D eigenvalue weighted by Gasteiger charge is -2.09. The molecule has 23 heavy (non-hydrogen) atoms. The molecule has 0 spiro atoms. The van der Waals surface area contributed by atoms with Gasteiger partial charge in [-0.2, -0.15) is 5.10 Å². The molecular formula is C17H17ClN4O. The van der Waals surface area contributed by atoms with Gasteiger partial charge in [0, 0.05) is 17.0 Å². The van der Waals surface area contributed by atoms with Crippen molar-refractivity contribution in [1.82, 2.24) is 15.5 Å². The second-order valence-electron chi connectivity index (χ2n) is 5.57. The van der Waals surface area contributed by atoms with Gasteiger partial charge in [0.1, 0.15) is 0 Å². The van der Waals surface area contributed by atoms with Crippen molar-refractivity contribution >= 4 is 34.4 Å². The Balaban J connectivity index is 2.00. The molecule has 3 rings (SSSR count). The van der Waals surface area contributed by atoms with Crippen LogP contribution in [0.3, 0.4) is 0 Å². The predicted molar refractivity (Wildman–Crippen MR) is 93.8 cm³/mol. The van der Waals surface area contributed by atoms with Crippen molar-refractivity contribution in [2.24, 2.45) is 0 Å². The third kappa shape index (κ3) is 3.29. The van der Waals surface area contributed by atoms with Crippen LogP contribution in [0.1, 0.15) is 13.8 Å². The van der Waals surface area contributed by atoms with Crippen LogP contribution in [-0.4, -0.2) is 22.3 Å². The number of nitrogens with one attached hydrogen (secondary N) is 3. The van der Waals surface area contributed by atoms with Gasteiger partial charge in [-0.1, -0.05) is 41.9 Å². The molecule has 0 aliphatic rings. The summed E-state index contributed by atoms with van der Waals surface area (Å²) in [6.07, 6.45) is 0. The number of nitrogens with zero attached hydrogens (tertiary/aromatic N) is 1. The van der Waals surface area contributed by atoms with E-state index in [1.807, 2.05) is 56.3 Å². The molecule has 2 amide bonds. The topological polar surface area (TPSA) is 69.8 Å². The predicted octanol–water partition coefficient (Wildman–Crippen LogP) is 4.41. The molecule has 0 aliphatic carbocycles. The largest absolute Gasteiger partial charge is 0.336 e. The molecule has 0 unspecified atom stereocenters. The van der Waals surface area contributed by atoms with Crippen LogP contribution >= 0.6 is 11.6 Å². The lowest BCUT2D eigenvalue weighted by molar-refractivity contribution is 0.250. The number of hydrogen-bond acceptors (Lipinski definition) is 2. The zero-order chi connectivity index (χ0) is 16.4. The van der Waals surface area contributed by atoms with E-state index in [4.69, 9.17) is 11.6 Å². The Morgan fingerprint density at radius 1 is 1.22 bits per heavy atom. The van der Waals surface area contributed by atoms with Crippen LogP contribution in [0.2, 0.25) is 5.02 Å². The fourth-order valence-corrected chi connectivity index (χ4v) is 2.65. The van der Waals surface area contributed by atoms with E-state index < -0.39 is 0 Å². The number of hydrogen-bond donors (Lipinski definition) is 3. The number of benzene rings is 2. The number of aromatic nitrogens is 2. The van der Waals surface area contributed by atoms with Crippen LogP contribution in [-0.2, 0) is 0 Å². The van der Waals surface area contributed by atoms with E-state index >= 15 is 0 Å². The minimum absolute atomic E-state index is 0.0505. The summed E-state index contributed by atoms with van der Waals surface area (Å²) in [6.45, 7) is 3.80. The zero-order valence-electron chi connectivity index (χ0n) is 12.9. The van der Waals surface area contributed by atoms with Crippen molar-refractivity contribution in [3.63, 3.8) is 0 Å². The smallest absolute Gasteiger partial charge is 0.320 e. The van der Waals surface area contributed by atoms with Gasteiger partial charge in [0.15, 0.2) is 5.82 Å². The van der Waals surface area contributed by atoms with Crippen molar-refractivity contribution in [3.8, 4) is 11.1 Å². The molecule has 5 nitrogen and oxygen atoms in total. The quantitative estimate of drug-likeness (QED) is 0.666. The second kappa shape index (κ2) is 6.30. The highest BCUT2D eigenvalue weighted by Gasteiger charge is 2.13. The molecule has 1 aromatic heterocycles. The van der Waals surface area contributed by atoms with Crippen LogP contribution in [0, 0.1) is 0 Å². The number of amides is 2. The van der Waals surface area contributed by atoms with Gasteiger partial charge >= 0.3 is 6.03 Å². The van der Waals surface area contributed by atoms with Crippen LogP contribution in [0.25, 0.3) is 22.0 Å². The standard InChI is InChI=1S/C17H17ClN4O/c1-10(2)19-17(23)20-16-13-8-12(11-6-4-3-5-7-11)14(18)9-15(13)21-22-16/h3-10H,1-2H3,(H3,19,20,21,22,23). The maximum absolute atomic E-state index is 11.9. The Bertz CT molecular complexity index is 842. The second-order valence-corrected chi connectivity index (χ2v) is 5.98. The normalized spacial score (nSPS) is 11.0. The number of aromatic amines is 1. The summed E-state index contributed by atoms with van der Waals surface area (Å²) < 4.78 is 0. The molecule has 0 fully saturated rings. The summed E-state index contributed by atoms with van der Waals surface area (Å²) in [5, 5.41) is 14.0. The molecule has 0 radical (unpaired) electrons. The lowest BCUT2D eigenvalue weighted by Crippen LogP contribution is -2.34. The van der Waals surface area contributed by atoms with Gasteiger partial charge in [0.25, 0.3) is 0 Å². The number of urea groups is 1. The van der Waals surface area contributed by atoms with E-state index in [0.29, 0.717) is 10.8 Å². The summed E-state index contributed by atoms with van der Waals surface area (Å²) >= 11 is 6.37. The summed E-state index contributed by atoms with van der Waals surface area (Å²) in [5.41, 5.74) is 2.68. The first-order valence-electron chi connectivity index (χ1n) is 7.35. The van der Waals surface area contributed by atoms with Crippen molar-refractivity contribution in [2.75, 3.05) is 5.32 Å². The van der Waals surface area contributed by atoms with Crippen molar-refractivity contribution < 1.29 is 4.79 Å². The van der Waals surface area contributed by atoms with Gasteiger partial charge in [-0.3, -0.25) is 10.4 Å². The highest BCUT2D eigenvalue weighted by molar-refractivity contribution is 6.34. The summed E-state index contributed by atoms with van der Waals surface area (Å²) in [5.74, 6) is 0.479. The Hall–Kier alpha value is -2.53. The lowest BCUT2D eigenvalue weighted by atomic mass is 10.0. The number of rotatable bonds is 3. The minimum Gasteiger partial charge on any atom is -0.336 e. The minimum atomic E-state index is -0.287. The zero-order valence-corrected chi connectivity index (χ0v) is 13.6. The summed E-state index contributed by atoms with van der Waals surface area (Å²) in [6, 6.07) is 13.4. The average molecular weight is 329 g/mol. The van der Waals surface area contributed by atoms with Crippen LogP contribution in [0.4, 0.5) is 10.6 Å². The maximum atomic E-state index is 11.9. The molecule has 0 saturated carbocycles. The molecule has 0 saturated heterocycles. The number of H-pyrrole nitrogens is 1. The highest BCUT2D eigenvalue weighted by Crippen LogP contribution is 2.33. The third-order valence-electron chi connectivity index (χ3n) is 3.39. The van der Waals surface area contributed by atoms with E-state index in [9.17, 15) is 4.79 Å². The molecular weight excluding hydrogens is 312 g/mol. The Labute approximate surface area is 139 Å². The fourth-order valence-electron chi connectivity index (χ4n) is 2.38. The van der Waals surface area contributed by atoms with E-state index in [-0.39, 0.29) is 12.1 Å². The Morgan fingerprint density at radius 2 is 1.96 bits per heavy atom. The van der Waals surface area contributed by atoms with Gasteiger partial charge in [-0.05, 0) is 31.5 Å². The number of halogens is 1. The van der Waals surface area contributed by atoms with E-state index in [1.54, 1.807) is 0 Å². The van der Waals surface area contributed by atoms with Crippen LogP contribution in [0.5, 0.6) is 0 Å². The fraction of sp³-hybridized carbons (Fsp3) is 0.176. The molecule has 118 valence electrons. The highest BCUT2D eigenvalue weighted by atomic mass is 35.5. The number of carbonyl (C=O) groups excluding carboxylic acids is 1. The van der Waals surface area contributed by atoms with Crippen molar-refractivity contribution in [2.45, 2.75) is 19.9 Å². The van der Waals surface area contributed by atoms with Gasteiger partial charge in [-0.25, -0.2) is 4.79 Å². The maximum Gasteiger partial charge on any atom is 0.320 e. The average Bonchev–Trinajstić information content (AvgIpc) is 2.88. The molecule has 0 bridgehead atoms. The first-order valence-corrected chi connectivity index (χ1v) is 7.73. The third-order valence-corrected chi connectivity index (χ3v) is 3.70. The van der Waals surface area contributed by atoms with E-state index in [0.717, 1.165) is 22.0 Å². The van der Waals surface area contributed by atoms with Gasteiger partial charge in [0.05, 0.1) is 10.5 Å². The summed E-state index contributed by atoms with van der Waals surface area (Å²) in [7, 11) is 0. The van der Waals surface area contributed by atoms with Crippen LogP contribution in [0.15, 0.2) is 42.5 Å². The number of fused-ring (bicyclic) bond motifs is 1. The van der Waals surface area contributed by atoms with E-state index in [2.05, 4.69) is 20.8 Å². The molecule has 1 heterocycles. The van der Waals surface area contributed by atoms with Gasteiger partial charge in [0.2, 0.25) is 0 Å². The van der Waals surface area contributed by atoms with Crippen LogP contribution < -0.4 is 10.6 Å². The monoisotopic (exact) mass is 328 g/mol. The first kappa shape index (κ1) is 15.4. The van der Waals surface area contributed by atoms with E-state index in [1.165, 1.54) is 0 Å². The van der Waals surface area contributed by atoms with Gasteiger partial charge < -0.3 is 5.32 Å². The SMILES string of the molecule is CC(C)NC(=O)Nc1n[nH]c2cc(Cl)c(-c3ccccc3)cc12. The summed E-state index contributed by atoms with van der Waals surface area (Å²) in [4.78, 5) is 11.9. The Morgan fingerprint density at radius 3 is 2.65 bits per heavy atom. The molecule has 0 aliphatic heterocycles. The molecule has 0 atom stereocenters. The first-order chi connectivity index (χ1) is 11.0. The molecule has 3 N–H and O–H groups in total. The van der Waals surface area contributed by atoms with Crippen molar-refractivity contribution in [3.05, 3.63) is 47.5 Å². The van der Waals surface area contributed by atoms with Gasteiger partial charge in [-0.15, -0.1) is 0 Å². The van der Waals surface area contributed by atoms with Crippen molar-refractivity contribution in [1.29, 1.82) is 0 Å². The Kier molecular flexibility index (Phi) is 4.21.